The number of methoxy groups -OCH3 is 2. The van der Waals surface area contributed by atoms with E-state index in [1.807, 2.05) is 18.2 Å². The first kappa shape index (κ1) is 17.6. The van der Waals surface area contributed by atoms with Crippen molar-refractivity contribution >= 4 is 17.5 Å². The van der Waals surface area contributed by atoms with Gasteiger partial charge in [0.15, 0.2) is 18.1 Å². The number of carbonyl (C=O) groups is 2. The van der Waals surface area contributed by atoms with Crippen LogP contribution in [0.2, 0.25) is 0 Å². The van der Waals surface area contributed by atoms with Crippen LogP contribution >= 0.6 is 0 Å². The van der Waals surface area contributed by atoms with E-state index in [9.17, 15) is 9.59 Å². The summed E-state index contributed by atoms with van der Waals surface area (Å²) in [5.74, 6) is 0.779. The number of hydrogen-bond acceptors (Lipinski definition) is 5. The average Bonchev–Trinajstić information content (AvgIpc) is 3.08. The molecule has 1 aliphatic rings. The fourth-order valence-corrected chi connectivity index (χ4v) is 2.94. The van der Waals surface area contributed by atoms with E-state index in [4.69, 9.17) is 19.9 Å². The van der Waals surface area contributed by atoms with Gasteiger partial charge >= 0.3 is 0 Å². The van der Waals surface area contributed by atoms with Gasteiger partial charge in [-0.05, 0) is 48.4 Å². The van der Waals surface area contributed by atoms with Crippen LogP contribution in [0.15, 0.2) is 36.4 Å². The van der Waals surface area contributed by atoms with Crippen molar-refractivity contribution in [2.45, 2.75) is 6.42 Å². The van der Waals surface area contributed by atoms with E-state index in [0.29, 0.717) is 23.6 Å². The van der Waals surface area contributed by atoms with E-state index < -0.39 is 5.91 Å². The number of carbonyl (C=O) groups excluding carboxylic acids is 2. The average molecular weight is 356 g/mol. The zero-order valence-corrected chi connectivity index (χ0v) is 14.7. The molecule has 2 N–H and O–H groups in total. The van der Waals surface area contributed by atoms with Gasteiger partial charge in [0.2, 0.25) is 0 Å². The highest BCUT2D eigenvalue weighted by molar-refractivity contribution is 6.07. The SMILES string of the molecule is COc1ccc2c(c1)CCN2C(=O)c1ccc(OCC(N)=O)c(OC)c1. The minimum Gasteiger partial charge on any atom is -0.497 e. The van der Waals surface area contributed by atoms with Crippen molar-refractivity contribution in [1.29, 1.82) is 0 Å². The van der Waals surface area contributed by atoms with Gasteiger partial charge in [0.1, 0.15) is 5.75 Å². The number of fused-ring (bicyclic) bond motifs is 1. The molecule has 0 saturated carbocycles. The molecule has 2 aromatic carbocycles. The molecule has 0 atom stereocenters. The zero-order valence-electron chi connectivity index (χ0n) is 14.7. The Bertz CT molecular complexity index is 850. The second-order valence-corrected chi connectivity index (χ2v) is 5.82. The van der Waals surface area contributed by atoms with Crippen LogP contribution in [0.1, 0.15) is 15.9 Å². The Morgan fingerprint density at radius 1 is 1.08 bits per heavy atom. The molecule has 3 rings (SSSR count). The Hall–Kier alpha value is -3.22. The van der Waals surface area contributed by atoms with Crippen molar-refractivity contribution in [3.63, 3.8) is 0 Å². The van der Waals surface area contributed by atoms with Gasteiger partial charge in [0.05, 0.1) is 14.2 Å². The highest BCUT2D eigenvalue weighted by Gasteiger charge is 2.26. The summed E-state index contributed by atoms with van der Waals surface area (Å²) in [5.41, 5.74) is 7.51. The predicted octanol–water partition coefficient (Wildman–Crippen LogP) is 1.77. The van der Waals surface area contributed by atoms with Crippen LogP contribution in [0.25, 0.3) is 0 Å². The van der Waals surface area contributed by atoms with Gasteiger partial charge in [-0.2, -0.15) is 0 Å². The number of nitrogens with zero attached hydrogens (tertiary/aromatic N) is 1. The van der Waals surface area contributed by atoms with Crippen molar-refractivity contribution in [1.82, 2.24) is 0 Å². The van der Waals surface area contributed by atoms with Gasteiger partial charge in [-0.25, -0.2) is 0 Å². The normalized spacial score (nSPS) is 12.5. The molecule has 2 aromatic rings. The second kappa shape index (κ2) is 7.35. The maximum Gasteiger partial charge on any atom is 0.258 e. The number of anilines is 1. The first-order valence-corrected chi connectivity index (χ1v) is 8.11. The van der Waals surface area contributed by atoms with Gasteiger partial charge in [-0.1, -0.05) is 0 Å². The molecule has 0 bridgehead atoms. The summed E-state index contributed by atoms with van der Waals surface area (Å²) in [6, 6.07) is 10.5. The van der Waals surface area contributed by atoms with E-state index in [0.717, 1.165) is 23.4 Å². The minimum atomic E-state index is -0.587. The molecular weight excluding hydrogens is 336 g/mol. The van der Waals surface area contributed by atoms with Crippen LogP contribution in [-0.4, -0.2) is 39.2 Å². The lowest BCUT2D eigenvalue weighted by Gasteiger charge is -2.18. The number of primary amides is 1. The molecule has 0 saturated heterocycles. The molecular formula is C19H20N2O5. The monoisotopic (exact) mass is 356 g/mol. The molecule has 7 heteroatoms. The Kier molecular flexibility index (Phi) is 4.97. The molecule has 136 valence electrons. The summed E-state index contributed by atoms with van der Waals surface area (Å²) in [5, 5.41) is 0. The predicted molar refractivity (Wildman–Crippen MR) is 96.1 cm³/mol. The number of ether oxygens (including phenoxy) is 3. The highest BCUT2D eigenvalue weighted by Crippen LogP contribution is 2.34. The van der Waals surface area contributed by atoms with Crippen LogP contribution in [0.3, 0.4) is 0 Å². The van der Waals surface area contributed by atoms with E-state index in [-0.39, 0.29) is 12.5 Å². The van der Waals surface area contributed by atoms with Crippen LogP contribution < -0.4 is 24.8 Å². The first-order chi connectivity index (χ1) is 12.5. The van der Waals surface area contributed by atoms with Gasteiger partial charge in [-0.3, -0.25) is 9.59 Å². The minimum absolute atomic E-state index is 0.131. The van der Waals surface area contributed by atoms with Crippen molar-refractivity contribution in [2.24, 2.45) is 5.73 Å². The van der Waals surface area contributed by atoms with Gasteiger partial charge in [-0.15, -0.1) is 0 Å². The van der Waals surface area contributed by atoms with Crippen LogP contribution in [0, 0.1) is 0 Å². The van der Waals surface area contributed by atoms with Crippen molar-refractivity contribution in [3.05, 3.63) is 47.5 Å². The summed E-state index contributed by atoms with van der Waals surface area (Å²) < 4.78 is 15.8. The Morgan fingerprint density at radius 2 is 1.88 bits per heavy atom. The van der Waals surface area contributed by atoms with Crippen LogP contribution in [0.4, 0.5) is 5.69 Å². The quantitative estimate of drug-likeness (QED) is 0.852. The maximum atomic E-state index is 12.9. The van der Waals surface area contributed by atoms with Crippen molar-refractivity contribution < 1.29 is 23.8 Å². The van der Waals surface area contributed by atoms with Crippen LogP contribution in [0.5, 0.6) is 17.2 Å². The third-order valence-corrected chi connectivity index (χ3v) is 4.21. The van der Waals surface area contributed by atoms with Crippen molar-refractivity contribution in [3.8, 4) is 17.2 Å². The molecule has 0 radical (unpaired) electrons. The summed E-state index contributed by atoms with van der Waals surface area (Å²) in [7, 11) is 3.09. The number of benzene rings is 2. The van der Waals surface area contributed by atoms with Crippen LogP contribution in [-0.2, 0) is 11.2 Å². The zero-order chi connectivity index (χ0) is 18.7. The van der Waals surface area contributed by atoms with Gasteiger partial charge in [0, 0.05) is 17.8 Å². The molecule has 0 unspecified atom stereocenters. The van der Waals surface area contributed by atoms with E-state index in [1.165, 1.54) is 7.11 Å². The second-order valence-electron chi connectivity index (χ2n) is 5.82. The summed E-state index contributed by atoms with van der Waals surface area (Å²) in [4.78, 5) is 25.5. The Morgan fingerprint density at radius 3 is 2.58 bits per heavy atom. The Labute approximate surface area is 151 Å². The maximum absolute atomic E-state index is 12.9. The molecule has 26 heavy (non-hydrogen) atoms. The largest absolute Gasteiger partial charge is 0.497 e. The molecule has 1 aliphatic heterocycles. The third kappa shape index (κ3) is 3.42. The molecule has 1 heterocycles. The topological polar surface area (TPSA) is 91.1 Å². The van der Waals surface area contributed by atoms with Gasteiger partial charge < -0.3 is 24.8 Å². The highest BCUT2D eigenvalue weighted by atomic mass is 16.5. The van der Waals surface area contributed by atoms with E-state index in [2.05, 4.69) is 0 Å². The summed E-state index contributed by atoms with van der Waals surface area (Å²) >= 11 is 0. The van der Waals surface area contributed by atoms with Gasteiger partial charge in [0.25, 0.3) is 11.8 Å². The first-order valence-electron chi connectivity index (χ1n) is 8.11. The standard InChI is InChI=1S/C19H20N2O5/c1-24-14-4-5-15-12(9-14)7-8-21(15)19(23)13-3-6-16(17(10-13)25-2)26-11-18(20)22/h3-6,9-10H,7-8,11H2,1-2H3,(H2,20,22). The Balaban J connectivity index is 1.84. The lowest BCUT2D eigenvalue weighted by atomic mass is 10.1. The lowest BCUT2D eigenvalue weighted by molar-refractivity contribution is -0.119. The fraction of sp³-hybridized carbons (Fsp3) is 0.263. The van der Waals surface area contributed by atoms with E-state index in [1.54, 1.807) is 30.2 Å². The molecule has 0 aromatic heterocycles. The third-order valence-electron chi connectivity index (χ3n) is 4.21. The van der Waals surface area contributed by atoms with E-state index >= 15 is 0 Å². The molecule has 2 amide bonds. The summed E-state index contributed by atoms with van der Waals surface area (Å²) in [6.07, 6.45) is 0.773. The summed E-state index contributed by atoms with van der Waals surface area (Å²) in [6.45, 7) is 0.342. The number of hydrogen-bond donors (Lipinski definition) is 1. The number of rotatable bonds is 6. The molecule has 0 aliphatic carbocycles. The lowest BCUT2D eigenvalue weighted by Crippen LogP contribution is -2.28. The fourth-order valence-electron chi connectivity index (χ4n) is 2.94. The number of nitrogens with two attached hydrogens (primary N) is 1. The molecule has 7 nitrogen and oxygen atoms in total. The number of amides is 2. The van der Waals surface area contributed by atoms with Crippen molar-refractivity contribution in [2.75, 3.05) is 32.3 Å². The smallest absolute Gasteiger partial charge is 0.258 e. The molecule has 0 spiro atoms. The molecule has 0 fully saturated rings.